The molecule has 0 N–H and O–H groups in total. The smallest absolute Gasteiger partial charge is 0.335 e. The number of esters is 2. The Labute approximate surface area is 116 Å². The highest BCUT2D eigenvalue weighted by molar-refractivity contribution is 5.98. The highest BCUT2D eigenvalue weighted by Gasteiger charge is 2.45. The summed E-state index contributed by atoms with van der Waals surface area (Å²) in [6.45, 7) is 0.853. The Balaban J connectivity index is 1.90. The Morgan fingerprint density at radius 2 is 2.10 bits per heavy atom. The molecule has 104 valence electrons. The molecule has 2 heterocycles. The monoisotopic (exact) mass is 273 g/mol. The number of rotatable bonds is 2. The first kappa shape index (κ1) is 12.9. The van der Waals surface area contributed by atoms with E-state index in [1.54, 1.807) is 6.08 Å². The predicted octanol–water partition coefficient (Wildman–Crippen LogP) is 1.07. The van der Waals surface area contributed by atoms with Gasteiger partial charge in [-0.1, -0.05) is 36.4 Å². The number of hydrogen-bond donors (Lipinski definition) is 0. The largest absolute Gasteiger partial charge is 0.466 e. The Morgan fingerprint density at radius 3 is 2.80 bits per heavy atom. The number of hydrogen-bond acceptors (Lipinski definition) is 5. The van der Waals surface area contributed by atoms with E-state index in [-0.39, 0.29) is 12.0 Å². The van der Waals surface area contributed by atoms with Gasteiger partial charge < -0.3 is 9.47 Å². The molecule has 0 bridgehead atoms. The second-order valence-electron chi connectivity index (χ2n) is 4.81. The molecule has 0 saturated carbocycles. The van der Waals surface area contributed by atoms with Crippen molar-refractivity contribution in [3.8, 4) is 0 Å². The minimum Gasteiger partial charge on any atom is -0.466 e. The number of benzene rings is 1. The highest BCUT2D eigenvalue weighted by atomic mass is 16.5. The molecular weight excluding hydrogens is 258 g/mol. The van der Waals surface area contributed by atoms with Gasteiger partial charge in [0.2, 0.25) is 0 Å². The lowest BCUT2D eigenvalue weighted by Gasteiger charge is -2.37. The van der Waals surface area contributed by atoms with Crippen LogP contribution in [0.1, 0.15) is 11.6 Å². The molecule has 2 atom stereocenters. The van der Waals surface area contributed by atoms with Crippen LogP contribution >= 0.6 is 0 Å². The van der Waals surface area contributed by atoms with Gasteiger partial charge in [-0.15, -0.1) is 0 Å². The van der Waals surface area contributed by atoms with Crippen molar-refractivity contribution in [1.82, 2.24) is 4.90 Å². The van der Waals surface area contributed by atoms with Crippen LogP contribution in [-0.4, -0.2) is 43.1 Å². The maximum absolute atomic E-state index is 12.0. The topological polar surface area (TPSA) is 55.8 Å². The fourth-order valence-electron chi connectivity index (χ4n) is 2.78. The lowest BCUT2D eigenvalue weighted by Crippen LogP contribution is -2.49. The molecule has 5 nitrogen and oxygen atoms in total. The minimum absolute atomic E-state index is 0.0303. The van der Waals surface area contributed by atoms with E-state index in [1.807, 2.05) is 35.2 Å². The summed E-state index contributed by atoms with van der Waals surface area (Å²) in [5.41, 5.74) is 1.45. The molecule has 0 aromatic heterocycles. The SMILES string of the molecule is COC(=O)C1=CCN2[C@H]1C(=O)OC[C@H]2c1ccccc1. The lowest BCUT2D eigenvalue weighted by atomic mass is 10.0. The van der Waals surface area contributed by atoms with Gasteiger partial charge in [-0.05, 0) is 5.56 Å². The van der Waals surface area contributed by atoms with Gasteiger partial charge >= 0.3 is 11.9 Å². The first-order valence-corrected chi connectivity index (χ1v) is 6.48. The average Bonchev–Trinajstić information content (AvgIpc) is 2.93. The molecule has 0 aliphatic carbocycles. The summed E-state index contributed by atoms with van der Waals surface area (Å²) >= 11 is 0. The van der Waals surface area contributed by atoms with E-state index in [4.69, 9.17) is 9.47 Å². The first-order valence-electron chi connectivity index (χ1n) is 6.48. The van der Waals surface area contributed by atoms with E-state index in [9.17, 15) is 9.59 Å². The van der Waals surface area contributed by atoms with Crippen molar-refractivity contribution in [1.29, 1.82) is 0 Å². The van der Waals surface area contributed by atoms with Gasteiger partial charge in [0.05, 0.1) is 18.7 Å². The number of ether oxygens (including phenoxy) is 2. The maximum Gasteiger partial charge on any atom is 0.335 e. The van der Waals surface area contributed by atoms with E-state index < -0.39 is 12.0 Å². The third-order valence-electron chi connectivity index (χ3n) is 3.76. The zero-order valence-electron chi connectivity index (χ0n) is 11.1. The number of carbonyl (C=O) groups is 2. The molecule has 5 heteroatoms. The van der Waals surface area contributed by atoms with Crippen LogP contribution in [0.5, 0.6) is 0 Å². The summed E-state index contributed by atoms with van der Waals surface area (Å²) in [6.07, 6.45) is 1.75. The number of nitrogens with zero attached hydrogens (tertiary/aromatic N) is 1. The summed E-state index contributed by atoms with van der Waals surface area (Å²) in [5.74, 6) is -0.852. The van der Waals surface area contributed by atoms with Crippen LogP contribution in [0.2, 0.25) is 0 Å². The Morgan fingerprint density at radius 1 is 1.35 bits per heavy atom. The summed E-state index contributed by atoms with van der Waals surface area (Å²) in [4.78, 5) is 25.7. The van der Waals surface area contributed by atoms with E-state index in [2.05, 4.69) is 0 Å². The number of methoxy groups -OCH3 is 1. The third kappa shape index (κ3) is 2.00. The number of morpholine rings is 1. The van der Waals surface area contributed by atoms with Gasteiger partial charge in [0, 0.05) is 6.54 Å². The molecule has 0 amide bonds. The van der Waals surface area contributed by atoms with Gasteiger partial charge in [-0.3, -0.25) is 4.90 Å². The van der Waals surface area contributed by atoms with Crippen LogP contribution in [0.3, 0.4) is 0 Å². The molecule has 1 fully saturated rings. The van der Waals surface area contributed by atoms with Gasteiger partial charge in [-0.25, -0.2) is 9.59 Å². The molecular formula is C15H15NO4. The van der Waals surface area contributed by atoms with Crippen LogP contribution in [0.4, 0.5) is 0 Å². The fraction of sp³-hybridized carbons (Fsp3) is 0.333. The molecule has 0 spiro atoms. The molecule has 2 aliphatic rings. The van der Waals surface area contributed by atoms with Crippen LogP contribution in [0.15, 0.2) is 42.0 Å². The van der Waals surface area contributed by atoms with Crippen LogP contribution < -0.4 is 0 Å². The van der Waals surface area contributed by atoms with Crippen LogP contribution in [-0.2, 0) is 19.1 Å². The van der Waals surface area contributed by atoms with E-state index in [1.165, 1.54) is 7.11 Å². The quantitative estimate of drug-likeness (QED) is 0.754. The number of fused-ring (bicyclic) bond motifs is 1. The van der Waals surface area contributed by atoms with Gasteiger partial charge in [-0.2, -0.15) is 0 Å². The maximum atomic E-state index is 12.0. The zero-order chi connectivity index (χ0) is 14.1. The van der Waals surface area contributed by atoms with Crippen molar-refractivity contribution < 1.29 is 19.1 Å². The van der Waals surface area contributed by atoms with Crippen molar-refractivity contribution in [3.05, 3.63) is 47.5 Å². The second kappa shape index (κ2) is 5.09. The molecule has 1 aromatic rings. The third-order valence-corrected chi connectivity index (χ3v) is 3.76. The standard InChI is InChI=1S/C15H15NO4/c1-19-14(17)11-7-8-16-12(9-20-15(18)13(11)16)10-5-3-2-4-6-10/h2-7,12-13H,8-9H2,1H3/t12-,13+/m0/s1. The summed E-state index contributed by atoms with van der Waals surface area (Å²) in [6, 6.07) is 9.15. The lowest BCUT2D eigenvalue weighted by molar-refractivity contribution is -0.160. The normalized spacial score (nSPS) is 25.6. The Hall–Kier alpha value is -2.14. The Kier molecular flexibility index (Phi) is 3.28. The van der Waals surface area contributed by atoms with Crippen LogP contribution in [0, 0.1) is 0 Å². The van der Waals surface area contributed by atoms with Crippen molar-refractivity contribution in [2.24, 2.45) is 0 Å². The number of cyclic esters (lactones) is 1. The molecule has 2 aliphatic heterocycles. The fourth-order valence-corrected chi connectivity index (χ4v) is 2.78. The van der Waals surface area contributed by atoms with E-state index >= 15 is 0 Å². The molecule has 3 rings (SSSR count). The second-order valence-corrected chi connectivity index (χ2v) is 4.81. The van der Waals surface area contributed by atoms with Crippen molar-refractivity contribution in [2.45, 2.75) is 12.1 Å². The first-order chi connectivity index (χ1) is 9.72. The van der Waals surface area contributed by atoms with Gasteiger partial charge in [0.25, 0.3) is 0 Å². The summed E-state index contributed by atoms with van der Waals surface area (Å²) in [5, 5.41) is 0. The average molecular weight is 273 g/mol. The van der Waals surface area contributed by atoms with E-state index in [0.717, 1.165) is 5.56 Å². The van der Waals surface area contributed by atoms with Crippen molar-refractivity contribution in [2.75, 3.05) is 20.3 Å². The van der Waals surface area contributed by atoms with Crippen LogP contribution in [0.25, 0.3) is 0 Å². The molecule has 0 unspecified atom stereocenters. The highest BCUT2D eigenvalue weighted by Crippen LogP contribution is 2.34. The number of carbonyl (C=O) groups excluding carboxylic acids is 2. The molecule has 20 heavy (non-hydrogen) atoms. The molecule has 0 radical (unpaired) electrons. The molecule has 1 aromatic carbocycles. The predicted molar refractivity (Wildman–Crippen MR) is 70.7 cm³/mol. The van der Waals surface area contributed by atoms with Gasteiger partial charge in [0.1, 0.15) is 12.6 Å². The van der Waals surface area contributed by atoms with E-state index in [0.29, 0.717) is 18.7 Å². The van der Waals surface area contributed by atoms with Crippen molar-refractivity contribution in [3.63, 3.8) is 0 Å². The van der Waals surface area contributed by atoms with Gasteiger partial charge in [0.15, 0.2) is 0 Å². The minimum atomic E-state index is -0.651. The molecule has 1 saturated heterocycles. The Bertz CT molecular complexity index is 566. The summed E-state index contributed by atoms with van der Waals surface area (Å²) in [7, 11) is 1.31. The summed E-state index contributed by atoms with van der Waals surface area (Å²) < 4.78 is 9.99. The zero-order valence-corrected chi connectivity index (χ0v) is 11.1. The van der Waals surface area contributed by atoms with Crippen molar-refractivity contribution >= 4 is 11.9 Å².